The van der Waals surface area contributed by atoms with Gasteiger partial charge in [0.25, 0.3) is 5.91 Å². The van der Waals surface area contributed by atoms with Crippen LogP contribution in [0.25, 0.3) is 11.1 Å². The van der Waals surface area contributed by atoms with Gasteiger partial charge < -0.3 is 4.90 Å². The van der Waals surface area contributed by atoms with E-state index in [4.69, 9.17) is 0 Å². The maximum absolute atomic E-state index is 12.7. The zero-order valence-electron chi connectivity index (χ0n) is 13.4. The Morgan fingerprint density at radius 2 is 1.70 bits per heavy atom. The highest BCUT2D eigenvalue weighted by atomic mass is 16.2. The van der Waals surface area contributed by atoms with Crippen LogP contribution in [0.15, 0.2) is 42.5 Å². The highest BCUT2D eigenvalue weighted by Crippen LogP contribution is 2.38. The number of carbonyl (C=O) groups excluding carboxylic acids is 2. The molecule has 2 aliphatic rings. The van der Waals surface area contributed by atoms with Crippen LogP contribution >= 0.6 is 0 Å². The first-order valence-corrected chi connectivity index (χ1v) is 8.13. The molecular weight excluding hydrogens is 286 g/mol. The van der Waals surface area contributed by atoms with E-state index in [0.717, 1.165) is 16.7 Å². The Hall–Kier alpha value is -2.42. The van der Waals surface area contributed by atoms with E-state index in [-0.39, 0.29) is 17.7 Å². The van der Waals surface area contributed by atoms with Crippen molar-refractivity contribution < 1.29 is 9.59 Å². The molecule has 0 bridgehead atoms. The van der Waals surface area contributed by atoms with E-state index in [1.165, 1.54) is 12.8 Å². The van der Waals surface area contributed by atoms with Crippen molar-refractivity contribution in [1.29, 1.82) is 0 Å². The molecule has 1 saturated carbocycles. The largest absolute Gasteiger partial charge is 0.339 e. The monoisotopic (exact) mass is 305 g/mol. The van der Waals surface area contributed by atoms with Gasteiger partial charge in [-0.15, -0.1) is 0 Å². The van der Waals surface area contributed by atoms with Gasteiger partial charge in [0, 0.05) is 29.8 Å². The Morgan fingerprint density at radius 1 is 1.04 bits per heavy atom. The van der Waals surface area contributed by atoms with E-state index in [0.29, 0.717) is 17.0 Å². The van der Waals surface area contributed by atoms with Crippen molar-refractivity contribution in [1.82, 2.24) is 4.90 Å². The van der Waals surface area contributed by atoms with Crippen LogP contribution in [-0.4, -0.2) is 29.7 Å². The van der Waals surface area contributed by atoms with Gasteiger partial charge in [-0.25, -0.2) is 0 Å². The van der Waals surface area contributed by atoms with Gasteiger partial charge in [-0.1, -0.05) is 30.3 Å². The Balaban J connectivity index is 1.68. The molecule has 4 rings (SSSR count). The number of hydrogen-bond donors (Lipinski definition) is 0. The topological polar surface area (TPSA) is 37.4 Å². The fourth-order valence-corrected chi connectivity index (χ4v) is 3.44. The van der Waals surface area contributed by atoms with Gasteiger partial charge in [0.05, 0.1) is 0 Å². The number of benzene rings is 2. The summed E-state index contributed by atoms with van der Waals surface area (Å²) in [7, 11) is 1.86. The second kappa shape index (κ2) is 5.05. The second-order valence-electron chi connectivity index (χ2n) is 6.63. The summed E-state index contributed by atoms with van der Waals surface area (Å²) < 4.78 is 0. The summed E-state index contributed by atoms with van der Waals surface area (Å²) in [5, 5.41) is 0. The van der Waals surface area contributed by atoms with Crippen LogP contribution in [0, 0.1) is 5.92 Å². The Labute approximate surface area is 135 Å². The smallest absolute Gasteiger partial charge is 0.253 e. The van der Waals surface area contributed by atoms with Gasteiger partial charge in [-0.2, -0.15) is 0 Å². The third kappa shape index (κ3) is 2.19. The van der Waals surface area contributed by atoms with E-state index >= 15 is 0 Å². The molecule has 1 amide bonds. The maximum atomic E-state index is 12.7. The molecule has 0 heterocycles. The highest BCUT2D eigenvalue weighted by Gasteiger charge is 2.33. The van der Waals surface area contributed by atoms with Crippen molar-refractivity contribution in [3.05, 3.63) is 59.2 Å². The summed E-state index contributed by atoms with van der Waals surface area (Å²) in [6, 6.07) is 13.4. The Kier molecular flexibility index (Phi) is 3.12. The van der Waals surface area contributed by atoms with Crippen LogP contribution in [-0.2, 0) is 0 Å². The van der Waals surface area contributed by atoms with Gasteiger partial charge >= 0.3 is 0 Å². The minimum absolute atomic E-state index is 0.00374. The predicted octanol–water partition coefficient (Wildman–Crippen LogP) is 3.77. The van der Waals surface area contributed by atoms with Crippen LogP contribution in [0.2, 0.25) is 0 Å². The normalized spacial score (nSPS) is 16.7. The SMILES string of the molecule is CC(C1CC1)N(C)C(=O)c1ccc2c(c1)C(=O)c1ccccc1-2. The first kappa shape index (κ1) is 14.2. The summed E-state index contributed by atoms with van der Waals surface area (Å²) >= 11 is 0. The molecule has 1 unspecified atom stereocenters. The molecule has 2 aliphatic carbocycles. The third-order valence-corrected chi connectivity index (χ3v) is 5.21. The van der Waals surface area contributed by atoms with Crippen LogP contribution in [0.4, 0.5) is 0 Å². The number of fused-ring (bicyclic) bond motifs is 3. The summed E-state index contributed by atoms with van der Waals surface area (Å²) in [6.07, 6.45) is 2.41. The zero-order valence-corrected chi connectivity index (χ0v) is 13.4. The molecule has 3 nitrogen and oxygen atoms in total. The molecule has 116 valence electrons. The average Bonchev–Trinajstić information content (AvgIpc) is 3.40. The van der Waals surface area contributed by atoms with E-state index < -0.39 is 0 Å². The second-order valence-corrected chi connectivity index (χ2v) is 6.63. The molecule has 1 fully saturated rings. The van der Waals surface area contributed by atoms with E-state index in [1.54, 1.807) is 6.07 Å². The van der Waals surface area contributed by atoms with Gasteiger partial charge in [0.1, 0.15) is 0 Å². The van der Waals surface area contributed by atoms with Gasteiger partial charge in [0.15, 0.2) is 5.78 Å². The molecule has 2 aromatic rings. The fourth-order valence-electron chi connectivity index (χ4n) is 3.44. The molecule has 3 heteroatoms. The van der Waals surface area contributed by atoms with Crippen molar-refractivity contribution in [3.8, 4) is 11.1 Å². The lowest BCUT2D eigenvalue weighted by atomic mass is 10.0. The lowest BCUT2D eigenvalue weighted by molar-refractivity contribution is 0.0727. The quantitative estimate of drug-likeness (QED) is 0.738. The summed E-state index contributed by atoms with van der Waals surface area (Å²) in [6.45, 7) is 2.10. The van der Waals surface area contributed by atoms with Gasteiger partial charge in [0.2, 0.25) is 0 Å². The fraction of sp³-hybridized carbons (Fsp3) is 0.300. The lowest BCUT2D eigenvalue weighted by Gasteiger charge is -2.25. The average molecular weight is 305 g/mol. The Morgan fingerprint density at radius 3 is 2.39 bits per heavy atom. The van der Waals surface area contributed by atoms with Crippen LogP contribution in [0.3, 0.4) is 0 Å². The van der Waals surface area contributed by atoms with Gasteiger partial charge in [-0.05, 0) is 48.9 Å². The number of nitrogens with zero attached hydrogens (tertiary/aromatic N) is 1. The number of rotatable bonds is 3. The molecule has 0 spiro atoms. The predicted molar refractivity (Wildman–Crippen MR) is 89.6 cm³/mol. The van der Waals surface area contributed by atoms with Crippen LogP contribution in [0.5, 0.6) is 0 Å². The minimum atomic E-state index is -0.00374. The van der Waals surface area contributed by atoms with Crippen LogP contribution in [0.1, 0.15) is 46.0 Å². The summed E-state index contributed by atoms with van der Waals surface area (Å²) in [5.74, 6) is 0.642. The molecule has 0 aromatic heterocycles. The van der Waals surface area contributed by atoms with Crippen molar-refractivity contribution in [2.45, 2.75) is 25.8 Å². The molecular formula is C20H19NO2. The standard InChI is InChI=1S/C20H19NO2/c1-12(13-7-8-13)21(2)20(23)14-9-10-16-15-5-3-4-6-17(15)19(22)18(16)11-14/h3-6,9-13H,7-8H2,1-2H3. The molecule has 0 aliphatic heterocycles. The van der Waals surface area contributed by atoms with Crippen molar-refractivity contribution in [2.75, 3.05) is 7.05 Å². The molecule has 0 radical (unpaired) electrons. The zero-order chi connectivity index (χ0) is 16.1. The first-order valence-electron chi connectivity index (χ1n) is 8.13. The lowest BCUT2D eigenvalue weighted by Crippen LogP contribution is -2.36. The number of hydrogen-bond acceptors (Lipinski definition) is 2. The van der Waals surface area contributed by atoms with E-state index in [1.807, 2.05) is 48.3 Å². The van der Waals surface area contributed by atoms with E-state index in [2.05, 4.69) is 6.92 Å². The van der Waals surface area contributed by atoms with E-state index in [9.17, 15) is 9.59 Å². The molecule has 1 atom stereocenters. The van der Waals surface area contributed by atoms with Gasteiger partial charge in [-0.3, -0.25) is 9.59 Å². The number of carbonyl (C=O) groups is 2. The number of amides is 1. The van der Waals surface area contributed by atoms with Crippen molar-refractivity contribution in [3.63, 3.8) is 0 Å². The summed E-state index contributed by atoms with van der Waals surface area (Å²) in [5.41, 5.74) is 3.86. The highest BCUT2D eigenvalue weighted by molar-refractivity contribution is 6.22. The summed E-state index contributed by atoms with van der Waals surface area (Å²) in [4.78, 5) is 27.1. The number of ketones is 1. The first-order chi connectivity index (χ1) is 11.1. The van der Waals surface area contributed by atoms with Crippen LogP contribution < -0.4 is 0 Å². The molecule has 23 heavy (non-hydrogen) atoms. The maximum Gasteiger partial charge on any atom is 0.253 e. The third-order valence-electron chi connectivity index (χ3n) is 5.21. The van der Waals surface area contributed by atoms with Crippen molar-refractivity contribution in [2.24, 2.45) is 5.92 Å². The minimum Gasteiger partial charge on any atom is -0.339 e. The van der Waals surface area contributed by atoms with Crippen molar-refractivity contribution >= 4 is 11.7 Å². The molecule has 0 saturated heterocycles. The molecule has 0 N–H and O–H groups in total. The molecule has 2 aromatic carbocycles. The Bertz CT molecular complexity index is 820.